The molecular formula is C68H87N7O28. The average Bonchev–Trinajstić information content (AvgIpc) is 1.65. The fourth-order valence-corrected chi connectivity index (χ4v) is 12.8. The molecule has 35 nitrogen and oxygen atoms in total. The molecule has 3 unspecified atom stereocenters. The summed E-state index contributed by atoms with van der Waals surface area (Å²) < 4.78 is 63.5. The number of anilines is 2. The fourth-order valence-electron chi connectivity index (χ4n) is 12.8. The first-order valence-electron chi connectivity index (χ1n) is 33.1. The number of carbonyl (C=O) groups is 5. The summed E-state index contributed by atoms with van der Waals surface area (Å²) in [5.74, 6) is 3.46. The average molecular weight is 1450 g/mol. The van der Waals surface area contributed by atoms with Gasteiger partial charge in [0.2, 0.25) is 12.6 Å². The van der Waals surface area contributed by atoms with Crippen LogP contribution in [-0.4, -0.2) is 269 Å². The molecule has 0 radical (unpaired) electrons. The summed E-state index contributed by atoms with van der Waals surface area (Å²) in [6, 6.07) is 11.9. The van der Waals surface area contributed by atoms with Gasteiger partial charge in [0.25, 0.3) is 17.7 Å². The van der Waals surface area contributed by atoms with Crippen molar-refractivity contribution in [3.05, 3.63) is 118 Å². The van der Waals surface area contributed by atoms with Crippen molar-refractivity contribution in [2.75, 3.05) is 96.9 Å². The van der Waals surface area contributed by atoms with Gasteiger partial charge in [-0.05, 0) is 79.6 Å². The molecule has 15 atom stereocenters. The number of amides is 5. The number of nitrogens with one attached hydrogen (secondary N) is 2. The third kappa shape index (κ3) is 16.8. The van der Waals surface area contributed by atoms with Crippen LogP contribution in [0.4, 0.5) is 21.0 Å². The van der Waals surface area contributed by atoms with E-state index in [0.717, 1.165) is 9.80 Å². The van der Waals surface area contributed by atoms with Gasteiger partial charge in [0, 0.05) is 51.0 Å². The first-order chi connectivity index (χ1) is 49.4. The van der Waals surface area contributed by atoms with Gasteiger partial charge in [0.1, 0.15) is 79.8 Å². The number of methoxy groups -OCH3 is 3. The first kappa shape index (κ1) is 77.1. The van der Waals surface area contributed by atoms with Crippen molar-refractivity contribution in [2.45, 2.75) is 137 Å². The van der Waals surface area contributed by atoms with Crippen molar-refractivity contribution in [3.8, 4) is 34.5 Å². The lowest BCUT2D eigenvalue weighted by Crippen LogP contribution is -2.60. The van der Waals surface area contributed by atoms with Gasteiger partial charge >= 0.3 is 12.2 Å². The number of hydrogen-bond donors (Lipinski definition) is 14. The number of ether oxygens (including phenoxy) is 11. The molecule has 15 N–H and O–H groups in total. The lowest BCUT2D eigenvalue weighted by Gasteiger charge is -2.39. The second kappa shape index (κ2) is 34.4. The monoisotopic (exact) mass is 1450 g/mol. The maximum absolute atomic E-state index is 14.5. The molecule has 103 heavy (non-hydrogen) atoms. The second-order valence-electron chi connectivity index (χ2n) is 25.2. The summed E-state index contributed by atoms with van der Waals surface area (Å²) in [4.78, 5) is 80.7. The predicted molar refractivity (Wildman–Crippen MR) is 354 cm³/mol. The standard InChI is InChI=1S/C68H87N7O28/c1-33-19-43-63(88)74(67(90)97-31-35-9-11-45(39(21-35)59(84)70-13-17-92-3)100-65-57(82)55(80)53(78)51(29-76)102-65)41-25-49(47(93-4)23-37(41)61(86)72(43)27-33)95-15-7-6-8-16-96-50-26-42-38(24-48(50)94-5)62(87)73-28-34(2)20-44(73)64(89)75(42)68(91)98-32-36-10-12-46(40(22-36)60(85)71-14-18-99-69)101-66-58(83)56(81)54(79)52(30-77)103-66/h9-12,21-26,43-44,51-59,63-66,70,76-84,88-89H,1-2,6-8,13-20,27-32,69H2,3-5H3,(H,71,85)/t43-,44-,51+,52+,53-,54-,55-,56-,57+,58+,59?,63?,64?,65+,66+/m0/s1. The molecule has 4 fully saturated rings. The van der Waals surface area contributed by atoms with Crippen LogP contribution in [0.15, 0.2) is 85.0 Å². The summed E-state index contributed by atoms with van der Waals surface area (Å²) in [5, 5.41) is 123. The number of benzene rings is 4. The van der Waals surface area contributed by atoms with Gasteiger partial charge in [-0.15, -0.1) is 0 Å². The topological polar surface area (TPSA) is 482 Å². The Kier molecular flexibility index (Phi) is 25.7. The van der Waals surface area contributed by atoms with Crippen LogP contribution in [0.25, 0.3) is 0 Å². The zero-order valence-electron chi connectivity index (χ0n) is 56.6. The first-order valence-corrected chi connectivity index (χ1v) is 33.1. The van der Waals surface area contributed by atoms with E-state index in [1.807, 2.05) is 0 Å². The highest BCUT2D eigenvalue weighted by Crippen LogP contribution is 2.45. The van der Waals surface area contributed by atoms with Gasteiger partial charge in [-0.25, -0.2) is 25.3 Å². The van der Waals surface area contributed by atoms with Crippen LogP contribution in [0.3, 0.4) is 0 Å². The Morgan fingerprint density at radius 2 is 1.06 bits per heavy atom. The Labute approximate surface area is 590 Å². The highest BCUT2D eigenvalue weighted by Gasteiger charge is 2.50. The van der Waals surface area contributed by atoms with Crippen molar-refractivity contribution in [1.82, 2.24) is 20.4 Å². The lowest BCUT2D eigenvalue weighted by atomic mass is 9.99. The van der Waals surface area contributed by atoms with Crippen LogP contribution in [-0.2, 0) is 41.7 Å². The van der Waals surface area contributed by atoms with Crippen molar-refractivity contribution in [3.63, 3.8) is 0 Å². The van der Waals surface area contributed by atoms with E-state index in [2.05, 4.69) is 28.6 Å². The quantitative estimate of drug-likeness (QED) is 0.0135. The molecule has 5 amide bonds. The number of fused-ring (bicyclic) bond motifs is 4. The van der Waals surface area contributed by atoms with Crippen LogP contribution in [0.5, 0.6) is 34.5 Å². The van der Waals surface area contributed by atoms with Gasteiger partial charge in [0.15, 0.2) is 35.5 Å². The molecule has 35 heteroatoms. The third-order valence-electron chi connectivity index (χ3n) is 18.3. The molecule has 4 aromatic carbocycles. The maximum Gasteiger partial charge on any atom is 0.416 e. The zero-order chi connectivity index (χ0) is 74.1. The van der Waals surface area contributed by atoms with Crippen molar-refractivity contribution in [2.24, 2.45) is 5.90 Å². The Morgan fingerprint density at radius 3 is 1.52 bits per heavy atom. The molecule has 4 aromatic rings. The number of nitrogens with two attached hydrogens (primary N) is 1. The molecule has 0 aliphatic carbocycles. The molecule has 6 heterocycles. The molecule has 0 saturated carbocycles. The smallest absolute Gasteiger partial charge is 0.416 e. The lowest BCUT2D eigenvalue weighted by molar-refractivity contribution is -0.277. The highest BCUT2D eigenvalue weighted by molar-refractivity contribution is 6.07. The summed E-state index contributed by atoms with van der Waals surface area (Å²) in [7, 11) is 4.18. The molecular weight excluding hydrogens is 1360 g/mol. The minimum atomic E-state index is -1.83. The zero-order valence-corrected chi connectivity index (χ0v) is 56.6. The van der Waals surface area contributed by atoms with E-state index in [1.54, 1.807) is 0 Å². The Bertz CT molecular complexity index is 3720. The largest absolute Gasteiger partial charge is 0.493 e. The fraction of sp³-hybridized carbons (Fsp3) is 0.515. The number of aliphatic hydroxyl groups excluding tert-OH is 11. The Morgan fingerprint density at radius 1 is 0.583 bits per heavy atom. The minimum absolute atomic E-state index is 0.0312. The van der Waals surface area contributed by atoms with E-state index in [4.69, 9.17) is 58.0 Å². The second-order valence-corrected chi connectivity index (χ2v) is 25.2. The van der Waals surface area contributed by atoms with Gasteiger partial charge < -0.3 is 128 Å². The van der Waals surface area contributed by atoms with Gasteiger partial charge in [-0.3, -0.25) is 19.7 Å². The third-order valence-corrected chi connectivity index (χ3v) is 18.3. The summed E-state index contributed by atoms with van der Waals surface area (Å²) in [6.45, 7) is 6.02. The Hall–Kier alpha value is -8.57. The highest BCUT2D eigenvalue weighted by atomic mass is 16.7. The van der Waals surface area contributed by atoms with Gasteiger partial charge in [0.05, 0.1) is 94.0 Å². The number of hydrogen-bond acceptors (Lipinski definition) is 30. The molecule has 6 aliphatic rings. The van der Waals surface area contributed by atoms with E-state index < -0.39 is 149 Å². The van der Waals surface area contributed by atoms with Crippen LogP contribution in [0.2, 0.25) is 0 Å². The van der Waals surface area contributed by atoms with Crippen LogP contribution in [0.1, 0.15) is 86.1 Å². The van der Waals surface area contributed by atoms with E-state index in [-0.39, 0.29) is 145 Å². The number of unbranched alkanes of at least 4 members (excludes halogenated alkanes) is 2. The molecule has 6 aliphatic heterocycles. The van der Waals surface area contributed by atoms with Crippen LogP contribution < -0.4 is 54.8 Å². The molecule has 562 valence electrons. The van der Waals surface area contributed by atoms with E-state index >= 15 is 0 Å². The molecule has 10 rings (SSSR count). The molecule has 4 saturated heterocycles. The number of nitrogens with zero attached hydrogens (tertiary/aromatic N) is 4. The van der Waals surface area contributed by atoms with Crippen molar-refractivity contribution < 1.29 is 137 Å². The Balaban J connectivity index is 0.820. The molecule has 0 bridgehead atoms. The molecule has 0 spiro atoms. The van der Waals surface area contributed by atoms with Crippen molar-refractivity contribution in [1.29, 1.82) is 0 Å². The number of aliphatic hydroxyl groups is 11. The number of carbonyl (C=O) groups excluding carboxylic acids is 5. The summed E-state index contributed by atoms with van der Waals surface area (Å²) in [6.07, 6.45) is -22.0. The van der Waals surface area contributed by atoms with E-state index in [1.165, 1.54) is 91.8 Å². The van der Waals surface area contributed by atoms with Crippen molar-refractivity contribution >= 4 is 41.3 Å². The predicted octanol–water partition coefficient (Wildman–Crippen LogP) is -0.972. The van der Waals surface area contributed by atoms with Crippen LogP contribution >= 0.6 is 0 Å². The summed E-state index contributed by atoms with van der Waals surface area (Å²) in [5.41, 5.74) is 1.35. The molecule has 0 aromatic heterocycles. The van der Waals surface area contributed by atoms with E-state index in [0.29, 0.717) is 30.4 Å². The summed E-state index contributed by atoms with van der Waals surface area (Å²) >= 11 is 0. The normalized spacial score (nSPS) is 26.3. The minimum Gasteiger partial charge on any atom is -0.493 e. The van der Waals surface area contributed by atoms with Gasteiger partial charge in [-0.2, -0.15) is 0 Å². The maximum atomic E-state index is 14.5. The van der Waals surface area contributed by atoms with Gasteiger partial charge in [-0.1, -0.05) is 36.4 Å². The van der Waals surface area contributed by atoms with E-state index in [9.17, 15) is 80.1 Å². The number of rotatable bonds is 29. The van der Waals surface area contributed by atoms with Crippen LogP contribution in [0, 0.1) is 0 Å². The SMILES string of the molecule is C=C1C[C@H]2C(O)N(C(=O)OCc3ccc(O[C@@H]4O[C@H](CO)[C@H](O)[C@H](O)[C@H]4O)c(C(=O)NCCON)c3)c3cc(OCCCCCOc4cc5c(cc4OC)C(=O)N4CC(=C)C[C@H]4C(O)N5C(=O)OCc4ccc(O[C@@H]5O[C@H](CO)[C@H](O)[C@H](O)[C@H]5O)c(C(O)NCCOC)c4)c(OC)cc3C(=O)N2C1.